The molecule has 6 rings (SSSR count). The first-order valence-corrected chi connectivity index (χ1v) is 20.1. The van der Waals surface area contributed by atoms with Crippen molar-refractivity contribution in [3.8, 4) is 16.9 Å². The summed E-state index contributed by atoms with van der Waals surface area (Å²) < 4.78 is 11.7. The number of thioether (sulfide) groups is 1. The van der Waals surface area contributed by atoms with Crippen molar-refractivity contribution < 1.29 is 39.8 Å². The van der Waals surface area contributed by atoms with E-state index >= 15 is 0 Å². The molecule has 13 heteroatoms. The number of hydrogen-bond donors (Lipinski definition) is 6. The van der Waals surface area contributed by atoms with E-state index in [1.165, 1.54) is 5.56 Å². The number of amides is 1. The van der Waals surface area contributed by atoms with Crippen LogP contribution in [0.15, 0.2) is 65.8 Å². The van der Waals surface area contributed by atoms with Gasteiger partial charge >= 0.3 is 0 Å². The van der Waals surface area contributed by atoms with Crippen LogP contribution in [-0.2, 0) is 21.6 Å². The molecule has 6 N–H and O–H groups in total. The first-order chi connectivity index (χ1) is 25.7. The molecule has 2 aromatic carbocycles. The normalized spacial score (nSPS) is 19.3. The molecule has 0 radical (unpaired) electrons. The third-order valence-corrected chi connectivity index (χ3v) is 11.9. The largest absolute Gasteiger partial charge is 0.490 e. The number of carbonyl (C=O) groups excluding carboxylic acids is 1. The number of nitrogens with zero attached hydrogens (tertiary/aromatic N) is 2. The predicted octanol–water partition coefficient (Wildman–Crippen LogP) is 4.29. The highest BCUT2D eigenvalue weighted by Gasteiger charge is 2.46. The van der Waals surface area contributed by atoms with Gasteiger partial charge in [-0.05, 0) is 110 Å². The van der Waals surface area contributed by atoms with Crippen molar-refractivity contribution in [2.75, 3.05) is 38.7 Å². The summed E-state index contributed by atoms with van der Waals surface area (Å²) in [7, 11) is 0. The van der Waals surface area contributed by atoms with Gasteiger partial charge in [0.1, 0.15) is 24.1 Å². The molecule has 53 heavy (non-hydrogen) atoms. The van der Waals surface area contributed by atoms with Gasteiger partial charge in [0.15, 0.2) is 6.10 Å². The van der Waals surface area contributed by atoms with Gasteiger partial charge < -0.3 is 45.2 Å². The second kappa shape index (κ2) is 18.7. The van der Waals surface area contributed by atoms with Gasteiger partial charge in [0.2, 0.25) is 0 Å². The Hall–Kier alpha value is -2.78. The first-order valence-electron chi connectivity index (χ1n) is 18.8. The lowest BCUT2D eigenvalue weighted by atomic mass is 9.94. The van der Waals surface area contributed by atoms with E-state index in [4.69, 9.17) is 26.2 Å². The highest BCUT2D eigenvalue weighted by Crippen LogP contribution is 2.50. The molecule has 1 aliphatic heterocycles. The number of carbonyl (C=O) groups is 1. The molecule has 3 aliphatic rings. The molecule has 288 valence electrons. The summed E-state index contributed by atoms with van der Waals surface area (Å²) in [6.07, 6.45) is 3.93. The van der Waals surface area contributed by atoms with Crippen LogP contribution in [0.3, 0.4) is 0 Å². The summed E-state index contributed by atoms with van der Waals surface area (Å²) >= 11 is 8.42. The zero-order valence-corrected chi connectivity index (χ0v) is 31.6. The van der Waals surface area contributed by atoms with Crippen molar-refractivity contribution in [2.45, 2.75) is 98.9 Å². The number of para-hydroxylation sites is 1. The molecule has 0 bridgehead atoms. The Balaban J connectivity index is 1.03. The first kappa shape index (κ1) is 39.9. The van der Waals surface area contributed by atoms with Crippen molar-refractivity contribution in [1.29, 1.82) is 0 Å². The highest BCUT2D eigenvalue weighted by atomic mass is 35.5. The fourth-order valence-corrected chi connectivity index (χ4v) is 8.02. The van der Waals surface area contributed by atoms with Crippen LogP contribution >= 0.6 is 23.4 Å². The van der Waals surface area contributed by atoms with Crippen LogP contribution in [0.5, 0.6) is 5.75 Å². The summed E-state index contributed by atoms with van der Waals surface area (Å²) in [5.41, 5.74) is 4.20. The second-order valence-corrected chi connectivity index (χ2v) is 16.1. The van der Waals surface area contributed by atoms with Gasteiger partial charge in [0.25, 0.3) is 5.91 Å². The van der Waals surface area contributed by atoms with Crippen molar-refractivity contribution >= 4 is 29.3 Å². The molecular formula is C40H52ClN3O8S. The maximum Gasteiger partial charge on any atom is 0.254 e. The highest BCUT2D eigenvalue weighted by molar-refractivity contribution is 7.99. The van der Waals surface area contributed by atoms with E-state index in [9.17, 15) is 25.2 Å². The van der Waals surface area contributed by atoms with E-state index in [0.717, 1.165) is 78.0 Å². The molecule has 3 aromatic rings. The van der Waals surface area contributed by atoms with E-state index in [2.05, 4.69) is 34.6 Å². The summed E-state index contributed by atoms with van der Waals surface area (Å²) in [5.74, 6) is 1.19. The quantitative estimate of drug-likeness (QED) is 0.0718. The van der Waals surface area contributed by atoms with Crippen LogP contribution in [0, 0.1) is 5.92 Å². The SMILES string of the molecule is O=C(C(O)C(O)C(O)C(O)CO)N(CCCCSc1ccc(Cl)c(CNC2(c3cnccc3-c3ccccc3OC3CC3)CC2)c1)CC1CCOCC1. The average Bonchev–Trinajstić information content (AvgIpc) is 4.14. The number of aliphatic hydroxyl groups is 5. The van der Waals surface area contributed by atoms with Crippen molar-refractivity contribution in [3.05, 3.63) is 77.1 Å². The van der Waals surface area contributed by atoms with Crippen LogP contribution in [0.1, 0.15) is 62.5 Å². The van der Waals surface area contributed by atoms with Crippen LogP contribution < -0.4 is 10.1 Å². The lowest BCUT2D eigenvalue weighted by molar-refractivity contribution is -0.159. The van der Waals surface area contributed by atoms with Gasteiger partial charge in [-0.15, -0.1) is 11.8 Å². The van der Waals surface area contributed by atoms with Gasteiger partial charge in [-0.3, -0.25) is 9.78 Å². The summed E-state index contributed by atoms with van der Waals surface area (Å²) in [5, 5.41) is 54.5. The molecular weight excluding hydrogens is 718 g/mol. The molecule has 2 heterocycles. The Morgan fingerprint density at radius 2 is 1.79 bits per heavy atom. The zero-order valence-electron chi connectivity index (χ0n) is 30.0. The Morgan fingerprint density at radius 1 is 1.02 bits per heavy atom. The monoisotopic (exact) mass is 769 g/mol. The number of unbranched alkanes of at least 4 members (excludes halogenated alkanes) is 1. The lowest BCUT2D eigenvalue weighted by Gasteiger charge is -2.33. The number of rotatable bonds is 20. The molecule has 1 amide bonds. The van der Waals surface area contributed by atoms with Crippen LogP contribution in [-0.4, -0.2) is 111 Å². The van der Waals surface area contributed by atoms with Crippen molar-refractivity contribution in [2.24, 2.45) is 5.92 Å². The predicted molar refractivity (Wildman–Crippen MR) is 204 cm³/mol. The third-order valence-electron chi connectivity index (χ3n) is 10.4. The number of benzene rings is 2. The number of ether oxygens (including phenoxy) is 2. The molecule has 2 aliphatic carbocycles. The average molecular weight is 770 g/mol. The molecule has 1 aromatic heterocycles. The molecule has 4 unspecified atom stereocenters. The van der Waals surface area contributed by atoms with Crippen molar-refractivity contribution in [1.82, 2.24) is 15.2 Å². The van der Waals surface area contributed by atoms with Gasteiger partial charge in [-0.2, -0.15) is 0 Å². The second-order valence-electron chi connectivity index (χ2n) is 14.5. The Kier molecular flexibility index (Phi) is 14.1. The molecule has 4 atom stereocenters. The number of halogens is 1. The van der Waals surface area contributed by atoms with Gasteiger partial charge in [-0.25, -0.2) is 0 Å². The van der Waals surface area contributed by atoms with E-state index < -0.39 is 36.9 Å². The summed E-state index contributed by atoms with van der Waals surface area (Å²) in [6.45, 7) is 1.75. The van der Waals surface area contributed by atoms with Gasteiger partial charge in [0.05, 0.1) is 12.7 Å². The lowest BCUT2D eigenvalue weighted by Crippen LogP contribution is -2.53. The molecule has 3 fully saturated rings. The number of pyridine rings is 1. The minimum Gasteiger partial charge on any atom is -0.490 e. The number of nitrogens with one attached hydrogen (secondary N) is 1. The van der Waals surface area contributed by atoms with E-state index in [1.807, 2.05) is 36.7 Å². The molecule has 1 saturated heterocycles. The maximum absolute atomic E-state index is 13.3. The van der Waals surface area contributed by atoms with Crippen LogP contribution in [0.25, 0.3) is 11.1 Å². The van der Waals surface area contributed by atoms with E-state index in [0.29, 0.717) is 50.4 Å². The van der Waals surface area contributed by atoms with Gasteiger partial charge in [0, 0.05) is 66.3 Å². The Bertz CT molecular complexity index is 1650. The van der Waals surface area contributed by atoms with Gasteiger partial charge in [-0.1, -0.05) is 29.8 Å². The smallest absolute Gasteiger partial charge is 0.254 e. The molecule has 2 saturated carbocycles. The maximum atomic E-state index is 13.3. The number of hydrogen-bond acceptors (Lipinski definition) is 11. The number of aliphatic hydroxyl groups excluding tert-OH is 5. The Morgan fingerprint density at radius 3 is 2.53 bits per heavy atom. The topological polar surface area (TPSA) is 165 Å². The van der Waals surface area contributed by atoms with Crippen molar-refractivity contribution in [3.63, 3.8) is 0 Å². The van der Waals surface area contributed by atoms with E-state index in [-0.39, 0.29) is 11.5 Å². The third kappa shape index (κ3) is 10.5. The fraction of sp³-hybridized carbons (Fsp3) is 0.550. The van der Waals surface area contributed by atoms with Crippen LogP contribution in [0.4, 0.5) is 0 Å². The van der Waals surface area contributed by atoms with Crippen LogP contribution in [0.2, 0.25) is 5.02 Å². The zero-order chi connectivity index (χ0) is 37.4. The minimum absolute atomic E-state index is 0.192. The molecule has 11 nitrogen and oxygen atoms in total. The summed E-state index contributed by atoms with van der Waals surface area (Å²) in [6, 6.07) is 16.4. The van der Waals surface area contributed by atoms with E-state index in [1.54, 1.807) is 16.7 Å². The Labute approximate surface area is 320 Å². The summed E-state index contributed by atoms with van der Waals surface area (Å²) in [4.78, 5) is 20.4. The number of aromatic nitrogens is 1. The fourth-order valence-electron chi connectivity index (χ4n) is 6.86. The molecule has 0 spiro atoms. The minimum atomic E-state index is -1.93. The standard InChI is InChI=1S/C40H52ClN3O8S/c41-33-10-9-29(53-20-4-3-17-44(24-26-12-18-51-19-13-26)39(50)38(49)37(48)36(47)34(46)25-45)21-27(33)22-43-40(14-15-40)32-23-42-16-11-30(32)31-5-1-2-6-35(31)52-28-7-8-28/h1-2,5-6,9-11,16,21,23,26,28,34,36-38,43,45-49H,3-4,7-8,12-15,17-20,22,24-25H2.